The van der Waals surface area contributed by atoms with E-state index < -0.39 is 0 Å². The second-order valence-corrected chi connectivity index (χ2v) is 3.42. The lowest BCUT2D eigenvalue weighted by atomic mass is 10.2. The van der Waals surface area contributed by atoms with Crippen molar-refractivity contribution in [3.63, 3.8) is 0 Å². The van der Waals surface area contributed by atoms with Crippen molar-refractivity contribution in [2.75, 3.05) is 0 Å². The molecule has 1 rings (SSSR count). The molecular formula is C8H8N2OS2. The van der Waals surface area contributed by atoms with E-state index in [0.29, 0.717) is 4.32 Å². The molecule has 0 unspecified atom stereocenters. The van der Waals surface area contributed by atoms with Crippen LogP contribution in [0.3, 0.4) is 0 Å². The highest BCUT2D eigenvalue weighted by Gasteiger charge is 1.88. The average molecular weight is 212 g/mol. The number of aromatic hydroxyl groups is 1. The van der Waals surface area contributed by atoms with Crippen LogP contribution in [-0.4, -0.2) is 15.6 Å². The SMILES string of the molecule is Oc1ccc(/C=N/NC(=S)S)cc1. The fourth-order valence-corrected chi connectivity index (χ4v) is 0.833. The fraction of sp³-hybridized carbons (Fsp3) is 0. The highest BCUT2D eigenvalue weighted by molar-refractivity contribution is 8.11. The highest BCUT2D eigenvalue weighted by Crippen LogP contribution is 2.07. The summed E-state index contributed by atoms with van der Waals surface area (Å²) >= 11 is 8.46. The summed E-state index contributed by atoms with van der Waals surface area (Å²) in [6.45, 7) is 0. The van der Waals surface area contributed by atoms with Gasteiger partial charge in [0.15, 0.2) is 4.32 Å². The van der Waals surface area contributed by atoms with Gasteiger partial charge in [-0.05, 0) is 29.8 Å². The topological polar surface area (TPSA) is 44.6 Å². The van der Waals surface area contributed by atoms with Gasteiger partial charge < -0.3 is 5.11 Å². The van der Waals surface area contributed by atoms with Crippen molar-refractivity contribution in [3.8, 4) is 5.75 Å². The van der Waals surface area contributed by atoms with Gasteiger partial charge in [-0.1, -0.05) is 12.2 Å². The van der Waals surface area contributed by atoms with Gasteiger partial charge in [0, 0.05) is 0 Å². The summed E-state index contributed by atoms with van der Waals surface area (Å²) in [6, 6.07) is 6.64. The summed E-state index contributed by atoms with van der Waals surface area (Å²) in [6.07, 6.45) is 1.59. The molecule has 0 amide bonds. The number of nitrogens with zero attached hydrogens (tertiary/aromatic N) is 1. The van der Waals surface area contributed by atoms with Crippen LogP contribution in [0.4, 0.5) is 0 Å². The molecule has 68 valence electrons. The number of phenolic OH excluding ortho intramolecular Hbond substituents is 1. The van der Waals surface area contributed by atoms with Gasteiger partial charge in [0.2, 0.25) is 0 Å². The fourth-order valence-electron chi connectivity index (χ4n) is 0.722. The predicted molar refractivity (Wildman–Crippen MR) is 60.4 cm³/mol. The molecule has 0 fully saturated rings. The Kier molecular flexibility index (Phi) is 3.72. The number of hydrogen-bond acceptors (Lipinski definition) is 3. The van der Waals surface area contributed by atoms with Crippen molar-refractivity contribution < 1.29 is 5.11 Å². The number of thiocarbonyl (C=S) groups is 1. The van der Waals surface area contributed by atoms with E-state index in [2.05, 4.69) is 35.4 Å². The van der Waals surface area contributed by atoms with Crippen LogP contribution in [0.1, 0.15) is 5.56 Å². The molecule has 1 aromatic rings. The van der Waals surface area contributed by atoms with E-state index in [0.717, 1.165) is 5.56 Å². The number of thiol groups is 1. The van der Waals surface area contributed by atoms with Gasteiger partial charge in [0.1, 0.15) is 5.75 Å². The quantitative estimate of drug-likeness (QED) is 0.301. The summed E-state index contributed by atoms with van der Waals surface area (Å²) in [5, 5.41) is 12.8. The number of hydrazone groups is 1. The highest BCUT2D eigenvalue weighted by atomic mass is 32.1. The summed E-state index contributed by atoms with van der Waals surface area (Å²) in [5.74, 6) is 0.231. The van der Waals surface area contributed by atoms with E-state index in [1.54, 1.807) is 30.5 Å². The Bertz CT molecular complexity index is 321. The van der Waals surface area contributed by atoms with Gasteiger partial charge in [-0.2, -0.15) is 5.10 Å². The largest absolute Gasteiger partial charge is 0.508 e. The molecule has 0 saturated heterocycles. The smallest absolute Gasteiger partial charge is 0.150 e. The third-order valence-electron chi connectivity index (χ3n) is 1.27. The number of nitrogens with one attached hydrogen (secondary N) is 1. The lowest BCUT2D eigenvalue weighted by Crippen LogP contribution is -2.07. The molecule has 0 aliphatic heterocycles. The van der Waals surface area contributed by atoms with Gasteiger partial charge in [-0.3, -0.25) is 5.43 Å². The standard InChI is InChI=1S/C8H8N2OS2/c11-7-3-1-6(2-4-7)5-9-10-8(12)13/h1-5,11H,(H2,10,12,13)/b9-5+. The first-order valence-corrected chi connectivity index (χ1v) is 4.35. The minimum absolute atomic E-state index is 0.231. The number of benzene rings is 1. The Morgan fingerprint density at radius 3 is 2.62 bits per heavy atom. The second-order valence-electron chi connectivity index (χ2n) is 2.27. The van der Waals surface area contributed by atoms with Crippen LogP contribution >= 0.6 is 24.8 Å². The maximum absolute atomic E-state index is 8.98. The van der Waals surface area contributed by atoms with Crippen molar-refractivity contribution in [2.45, 2.75) is 0 Å². The zero-order valence-corrected chi connectivity index (χ0v) is 8.35. The Morgan fingerprint density at radius 2 is 2.08 bits per heavy atom. The summed E-state index contributed by atoms with van der Waals surface area (Å²) < 4.78 is 0.315. The molecule has 0 radical (unpaired) electrons. The lowest BCUT2D eigenvalue weighted by molar-refractivity contribution is 0.475. The zero-order chi connectivity index (χ0) is 9.68. The van der Waals surface area contributed by atoms with E-state index in [4.69, 9.17) is 5.11 Å². The van der Waals surface area contributed by atoms with Crippen molar-refractivity contribution in [3.05, 3.63) is 29.8 Å². The monoisotopic (exact) mass is 212 g/mol. The van der Waals surface area contributed by atoms with E-state index in [1.807, 2.05) is 0 Å². The molecule has 0 atom stereocenters. The summed E-state index contributed by atoms with van der Waals surface area (Å²) in [7, 11) is 0. The lowest BCUT2D eigenvalue weighted by Gasteiger charge is -1.94. The van der Waals surface area contributed by atoms with Crippen LogP contribution in [0.2, 0.25) is 0 Å². The maximum Gasteiger partial charge on any atom is 0.150 e. The van der Waals surface area contributed by atoms with Gasteiger partial charge >= 0.3 is 0 Å². The summed E-state index contributed by atoms with van der Waals surface area (Å²) in [5.41, 5.74) is 3.38. The van der Waals surface area contributed by atoms with Gasteiger partial charge in [0.25, 0.3) is 0 Å². The van der Waals surface area contributed by atoms with Crippen molar-refractivity contribution >= 4 is 35.4 Å². The Morgan fingerprint density at radius 1 is 1.46 bits per heavy atom. The maximum atomic E-state index is 8.98. The van der Waals surface area contributed by atoms with Crippen molar-refractivity contribution in [1.29, 1.82) is 0 Å². The first kappa shape index (κ1) is 10.0. The number of rotatable bonds is 2. The van der Waals surface area contributed by atoms with Crippen LogP contribution in [0, 0.1) is 0 Å². The molecule has 3 nitrogen and oxygen atoms in total. The third-order valence-corrected chi connectivity index (χ3v) is 1.46. The first-order valence-electron chi connectivity index (χ1n) is 3.49. The molecule has 0 aromatic heterocycles. The predicted octanol–water partition coefficient (Wildman–Crippen LogP) is 1.53. The minimum Gasteiger partial charge on any atom is -0.508 e. The normalized spacial score (nSPS) is 10.2. The van der Waals surface area contributed by atoms with Crippen molar-refractivity contribution in [2.24, 2.45) is 5.10 Å². The van der Waals surface area contributed by atoms with E-state index in [-0.39, 0.29) is 5.75 Å². The zero-order valence-electron chi connectivity index (χ0n) is 6.64. The summed E-state index contributed by atoms with van der Waals surface area (Å²) in [4.78, 5) is 0. The van der Waals surface area contributed by atoms with Crippen molar-refractivity contribution in [1.82, 2.24) is 5.43 Å². The minimum atomic E-state index is 0.231. The Hall–Kier alpha value is -1.07. The second kappa shape index (κ2) is 4.84. The molecule has 0 aliphatic rings. The number of hydrogen-bond donors (Lipinski definition) is 3. The molecule has 5 heteroatoms. The molecule has 1 aromatic carbocycles. The molecule has 2 N–H and O–H groups in total. The molecule has 0 heterocycles. The van der Waals surface area contributed by atoms with E-state index >= 15 is 0 Å². The molecule has 0 spiro atoms. The van der Waals surface area contributed by atoms with Crippen LogP contribution in [-0.2, 0) is 0 Å². The molecular weight excluding hydrogens is 204 g/mol. The van der Waals surface area contributed by atoms with E-state index in [1.165, 1.54) is 0 Å². The van der Waals surface area contributed by atoms with Gasteiger partial charge in [-0.15, -0.1) is 12.6 Å². The Labute approximate surface area is 86.9 Å². The molecule has 0 saturated carbocycles. The average Bonchev–Trinajstić information content (AvgIpc) is 2.08. The molecule has 13 heavy (non-hydrogen) atoms. The first-order chi connectivity index (χ1) is 6.18. The van der Waals surface area contributed by atoms with Crippen LogP contribution < -0.4 is 5.43 Å². The third kappa shape index (κ3) is 3.91. The van der Waals surface area contributed by atoms with Crippen LogP contribution in [0.25, 0.3) is 0 Å². The van der Waals surface area contributed by atoms with Gasteiger partial charge in [0.05, 0.1) is 6.21 Å². The van der Waals surface area contributed by atoms with Crippen LogP contribution in [0.15, 0.2) is 29.4 Å². The van der Waals surface area contributed by atoms with Gasteiger partial charge in [-0.25, -0.2) is 0 Å². The molecule has 0 aliphatic carbocycles. The van der Waals surface area contributed by atoms with E-state index in [9.17, 15) is 0 Å². The van der Waals surface area contributed by atoms with Crippen LogP contribution in [0.5, 0.6) is 5.75 Å². The number of phenols is 1. The Balaban J connectivity index is 2.59. The molecule has 0 bridgehead atoms.